The summed E-state index contributed by atoms with van der Waals surface area (Å²) in [5.74, 6) is 0. The molecule has 1 rings (SSSR count). The van der Waals surface area contributed by atoms with Gasteiger partial charge in [-0.15, -0.1) is 6.58 Å². The van der Waals surface area contributed by atoms with E-state index in [0.717, 1.165) is 6.61 Å². The molecule has 0 N–H and O–H groups in total. The fraction of sp³-hybridized carbons (Fsp3) is 0.667. The van der Waals surface area contributed by atoms with Gasteiger partial charge in [-0.1, -0.05) is 18.8 Å². The number of hydrogen-bond donors (Lipinski definition) is 0. The quantitative estimate of drug-likeness (QED) is 0.577. The van der Waals surface area contributed by atoms with Crippen LogP contribution >= 0.6 is 0 Å². The smallest absolute Gasteiger partial charge is 0.111 e. The average Bonchev–Trinajstić information content (AvgIpc) is 2.06. The van der Waals surface area contributed by atoms with E-state index in [1.54, 1.807) is 0 Å². The molecule has 0 aliphatic carbocycles. The summed E-state index contributed by atoms with van der Waals surface area (Å²) in [6.07, 6.45) is 3.70. The van der Waals surface area contributed by atoms with Gasteiger partial charge < -0.3 is 4.74 Å². The lowest BCUT2D eigenvalue weighted by Crippen LogP contribution is -2.36. The molecule has 1 fully saturated rings. The van der Waals surface area contributed by atoms with Crippen LogP contribution in [0.3, 0.4) is 0 Å². The molecular formula is C9H17OSi. The molecule has 0 aromatic heterocycles. The molecule has 2 heteroatoms. The molecule has 0 spiro atoms. The van der Waals surface area contributed by atoms with Gasteiger partial charge in [0.05, 0.1) is 5.73 Å². The highest BCUT2D eigenvalue weighted by atomic mass is 28.3. The third-order valence-corrected chi connectivity index (χ3v) is 5.16. The topological polar surface area (TPSA) is 9.23 Å². The van der Waals surface area contributed by atoms with Crippen molar-refractivity contribution in [1.82, 2.24) is 0 Å². The van der Waals surface area contributed by atoms with Gasteiger partial charge in [0.1, 0.15) is 8.07 Å². The minimum Gasteiger partial charge on any atom is -0.375 e. The monoisotopic (exact) mass is 169 g/mol. The summed E-state index contributed by atoms with van der Waals surface area (Å²) >= 11 is 0. The van der Waals surface area contributed by atoms with E-state index in [1.165, 1.54) is 25.0 Å². The second-order valence-corrected chi connectivity index (χ2v) is 8.06. The maximum absolute atomic E-state index is 5.64. The van der Waals surface area contributed by atoms with Crippen LogP contribution in [-0.4, -0.2) is 14.7 Å². The van der Waals surface area contributed by atoms with Crippen LogP contribution < -0.4 is 0 Å². The van der Waals surface area contributed by atoms with Crippen molar-refractivity contribution < 1.29 is 4.74 Å². The van der Waals surface area contributed by atoms with Crippen molar-refractivity contribution in [3.8, 4) is 0 Å². The summed E-state index contributed by atoms with van der Waals surface area (Å²) in [5, 5.41) is 0. The molecule has 1 radical (unpaired) electrons. The largest absolute Gasteiger partial charge is 0.375 e. The van der Waals surface area contributed by atoms with E-state index in [1.807, 2.05) is 0 Å². The first-order valence-electron chi connectivity index (χ1n) is 4.29. The molecular weight excluding hydrogens is 152 g/mol. The van der Waals surface area contributed by atoms with E-state index < -0.39 is 8.07 Å². The zero-order valence-corrected chi connectivity index (χ0v) is 8.52. The van der Waals surface area contributed by atoms with Crippen molar-refractivity contribution in [3.05, 3.63) is 18.0 Å². The van der Waals surface area contributed by atoms with Crippen LogP contribution in [0.5, 0.6) is 0 Å². The van der Waals surface area contributed by atoms with Crippen molar-refractivity contribution in [3.63, 3.8) is 0 Å². The van der Waals surface area contributed by atoms with Crippen LogP contribution in [0.4, 0.5) is 0 Å². The van der Waals surface area contributed by atoms with Gasteiger partial charge in [0.15, 0.2) is 0 Å². The normalized spacial score (nSPS) is 21.6. The minimum atomic E-state index is -1.32. The molecule has 63 valence electrons. The molecule has 1 heterocycles. The molecule has 0 unspecified atom stereocenters. The number of hydrogen-bond acceptors (Lipinski definition) is 1. The van der Waals surface area contributed by atoms with Crippen molar-refractivity contribution >= 4 is 8.07 Å². The Morgan fingerprint density at radius 3 is 2.64 bits per heavy atom. The van der Waals surface area contributed by atoms with Gasteiger partial charge in [-0.25, -0.2) is 0 Å². The third kappa shape index (κ3) is 2.17. The molecule has 0 amide bonds. The second-order valence-electron chi connectivity index (χ2n) is 3.65. The van der Waals surface area contributed by atoms with E-state index >= 15 is 0 Å². The Kier molecular flexibility index (Phi) is 2.90. The fourth-order valence-corrected chi connectivity index (χ4v) is 2.80. The lowest BCUT2D eigenvalue weighted by molar-refractivity contribution is 0.131. The van der Waals surface area contributed by atoms with E-state index in [-0.39, 0.29) is 0 Å². The molecule has 0 saturated carbocycles. The highest BCUT2D eigenvalue weighted by molar-refractivity contribution is 6.86. The molecule has 0 aromatic carbocycles. The second kappa shape index (κ2) is 3.54. The number of rotatable bonds is 2. The first-order valence-corrected chi connectivity index (χ1v) is 7.37. The molecule has 11 heavy (non-hydrogen) atoms. The fourth-order valence-electron chi connectivity index (χ4n) is 1.28. The van der Waals surface area contributed by atoms with Gasteiger partial charge in [0, 0.05) is 6.61 Å². The van der Waals surface area contributed by atoms with E-state index in [0.29, 0.717) is 0 Å². The molecule has 1 saturated heterocycles. The van der Waals surface area contributed by atoms with E-state index in [9.17, 15) is 0 Å². The van der Waals surface area contributed by atoms with Crippen molar-refractivity contribution in [2.45, 2.75) is 32.4 Å². The Labute approximate surface area is 70.5 Å². The van der Waals surface area contributed by atoms with Crippen molar-refractivity contribution in [2.75, 3.05) is 6.61 Å². The van der Waals surface area contributed by atoms with Gasteiger partial charge in [0.25, 0.3) is 0 Å². The summed E-state index contributed by atoms with van der Waals surface area (Å²) in [6, 6.07) is 0. The summed E-state index contributed by atoms with van der Waals surface area (Å²) in [4.78, 5) is 0. The Balaban J connectivity index is 2.50. The van der Waals surface area contributed by atoms with Crippen LogP contribution in [0.25, 0.3) is 0 Å². The maximum Gasteiger partial charge on any atom is 0.111 e. The first kappa shape index (κ1) is 9.01. The zero-order valence-electron chi connectivity index (χ0n) is 7.52. The van der Waals surface area contributed by atoms with Crippen molar-refractivity contribution in [2.24, 2.45) is 0 Å². The van der Waals surface area contributed by atoms with Crippen LogP contribution in [0.1, 0.15) is 19.3 Å². The summed E-state index contributed by atoms with van der Waals surface area (Å²) < 4.78 is 5.64. The Morgan fingerprint density at radius 2 is 2.18 bits per heavy atom. The predicted octanol–water partition coefficient (Wildman–Crippen LogP) is 2.69. The van der Waals surface area contributed by atoms with Crippen LogP contribution in [-0.2, 0) is 4.74 Å². The first-order chi connectivity index (χ1) is 5.17. The lowest BCUT2D eigenvalue weighted by Gasteiger charge is -2.31. The Bertz CT molecular complexity index is 136. The highest BCUT2D eigenvalue weighted by Gasteiger charge is 2.31. The molecule has 0 aromatic rings. The summed E-state index contributed by atoms with van der Waals surface area (Å²) in [5.41, 5.74) is 3.45. The van der Waals surface area contributed by atoms with Crippen LogP contribution in [0, 0.1) is 5.73 Å². The summed E-state index contributed by atoms with van der Waals surface area (Å²) in [7, 11) is -1.32. The van der Waals surface area contributed by atoms with E-state index in [2.05, 4.69) is 25.4 Å². The molecule has 0 bridgehead atoms. The average molecular weight is 169 g/mol. The SMILES string of the molecule is C=C[Si](C)(C)[C]1CCCCO1. The van der Waals surface area contributed by atoms with Gasteiger partial charge in [0.2, 0.25) is 0 Å². The van der Waals surface area contributed by atoms with Gasteiger partial charge >= 0.3 is 0 Å². The van der Waals surface area contributed by atoms with Crippen LogP contribution in [0.2, 0.25) is 13.1 Å². The van der Waals surface area contributed by atoms with Crippen LogP contribution in [0.15, 0.2) is 12.3 Å². The zero-order chi connectivity index (χ0) is 8.32. The predicted molar refractivity (Wildman–Crippen MR) is 50.7 cm³/mol. The van der Waals surface area contributed by atoms with Gasteiger partial charge in [-0.3, -0.25) is 0 Å². The minimum absolute atomic E-state index is 0.930. The molecule has 1 aliphatic rings. The number of ether oxygens (including phenoxy) is 1. The standard InChI is InChI=1S/C9H17OSi/c1-4-11(2,3)9-7-5-6-8-10-9/h4H,1,5-8H2,2-3H3. The molecule has 0 atom stereocenters. The highest BCUT2D eigenvalue weighted by Crippen LogP contribution is 2.29. The van der Waals surface area contributed by atoms with Gasteiger partial charge in [-0.2, -0.15) is 0 Å². The summed E-state index contributed by atoms with van der Waals surface area (Å²) in [6.45, 7) is 9.38. The third-order valence-electron chi connectivity index (χ3n) is 2.30. The Hall–Kier alpha value is -0.0831. The van der Waals surface area contributed by atoms with Gasteiger partial charge in [-0.05, 0) is 19.3 Å². The molecule has 1 nitrogen and oxygen atoms in total. The van der Waals surface area contributed by atoms with E-state index in [4.69, 9.17) is 4.74 Å². The lowest BCUT2D eigenvalue weighted by atomic mass is 10.2. The molecule has 1 aliphatic heterocycles. The van der Waals surface area contributed by atoms with Crippen molar-refractivity contribution in [1.29, 1.82) is 0 Å². The maximum atomic E-state index is 5.64. The Morgan fingerprint density at radius 1 is 1.45 bits per heavy atom.